The Labute approximate surface area is 209 Å². The maximum atomic E-state index is 14.1. The minimum Gasteiger partial charge on any atom is -0.393 e. The Morgan fingerprint density at radius 1 is 1.08 bits per heavy atom. The van der Waals surface area contributed by atoms with Crippen molar-refractivity contribution in [1.29, 1.82) is 0 Å². The molecular weight excluding hydrogens is 456 g/mol. The number of benzene rings is 1. The van der Waals surface area contributed by atoms with Crippen molar-refractivity contribution in [1.82, 2.24) is 29.3 Å². The molecule has 4 aromatic rings. The van der Waals surface area contributed by atoms with E-state index < -0.39 is 0 Å². The molecule has 0 unspecified atom stereocenters. The van der Waals surface area contributed by atoms with E-state index in [2.05, 4.69) is 38.3 Å². The van der Waals surface area contributed by atoms with E-state index >= 15 is 0 Å². The first-order valence-corrected chi connectivity index (χ1v) is 13.0. The summed E-state index contributed by atoms with van der Waals surface area (Å²) >= 11 is 0. The lowest BCUT2D eigenvalue weighted by atomic mass is 9.92. The molecule has 0 amide bonds. The van der Waals surface area contributed by atoms with Gasteiger partial charge in [0.1, 0.15) is 17.8 Å². The van der Waals surface area contributed by atoms with Gasteiger partial charge in [-0.2, -0.15) is 10.1 Å². The van der Waals surface area contributed by atoms with Crippen molar-refractivity contribution in [2.45, 2.75) is 70.7 Å². The van der Waals surface area contributed by atoms with Gasteiger partial charge in [-0.25, -0.2) is 14.6 Å². The highest BCUT2D eigenvalue weighted by Crippen LogP contribution is 2.33. The molecule has 6 rings (SSSR count). The Bertz CT molecular complexity index is 1450. The summed E-state index contributed by atoms with van der Waals surface area (Å²) in [7, 11) is 0. The van der Waals surface area contributed by atoms with Crippen molar-refractivity contribution in [3.05, 3.63) is 46.9 Å². The van der Waals surface area contributed by atoms with Gasteiger partial charge in [-0.1, -0.05) is 19.4 Å². The lowest BCUT2D eigenvalue weighted by Crippen LogP contribution is -2.34. The first kappa shape index (κ1) is 22.9. The summed E-state index contributed by atoms with van der Waals surface area (Å²) in [6, 6.07) is 6.10. The summed E-state index contributed by atoms with van der Waals surface area (Å²) in [6.07, 6.45) is 8.15. The van der Waals surface area contributed by atoms with E-state index in [9.17, 15) is 9.90 Å². The number of anilines is 2. The third-order valence-electron chi connectivity index (χ3n) is 7.56. The topological polar surface area (TPSA) is 114 Å². The molecule has 1 saturated carbocycles. The largest absolute Gasteiger partial charge is 0.393 e. The average Bonchev–Trinajstić information content (AvgIpc) is 3.38. The third kappa shape index (κ3) is 4.09. The van der Waals surface area contributed by atoms with Gasteiger partial charge in [0, 0.05) is 36.4 Å². The molecule has 2 aliphatic rings. The second-order valence-corrected chi connectivity index (χ2v) is 9.90. The van der Waals surface area contributed by atoms with Crippen LogP contribution in [0.1, 0.15) is 57.3 Å². The summed E-state index contributed by atoms with van der Waals surface area (Å²) in [5.74, 6) is 1.47. The molecule has 188 valence electrons. The molecule has 1 aromatic carbocycles. The normalized spacial score (nSPS) is 20.1. The molecule has 36 heavy (non-hydrogen) atoms. The van der Waals surface area contributed by atoms with Crippen LogP contribution in [-0.2, 0) is 13.1 Å². The molecule has 1 aliphatic carbocycles. The maximum Gasteiger partial charge on any atom is 0.260 e. The highest BCUT2D eigenvalue weighted by Gasteiger charge is 2.26. The van der Waals surface area contributed by atoms with Crippen molar-refractivity contribution in [3.63, 3.8) is 0 Å². The van der Waals surface area contributed by atoms with Crippen LogP contribution in [0.15, 0.2) is 35.5 Å². The molecule has 3 aromatic heterocycles. The molecule has 0 spiro atoms. The van der Waals surface area contributed by atoms with Gasteiger partial charge in [-0.3, -0.25) is 9.36 Å². The van der Waals surface area contributed by atoms with Gasteiger partial charge in [-0.15, -0.1) is 0 Å². The first-order valence-electron chi connectivity index (χ1n) is 13.0. The highest BCUT2D eigenvalue weighted by atomic mass is 16.3. The monoisotopic (exact) mass is 488 g/mol. The van der Waals surface area contributed by atoms with Gasteiger partial charge in [0.05, 0.1) is 24.6 Å². The fourth-order valence-corrected chi connectivity index (χ4v) is 5.51. The van der Waals surface area contributed by atoms with E-state index in [1.807, 2.05) is 27.6 Å². The van der Waals surface area contributed by atoms with Crippen LogP contribution in [0, 0.1) is 0 Å². The van der Waals surface area contributed by atoms with Crippen LogP contribution >= 0.6 is 0 Å². The standard InChI is InChI=1S/C26H32N8O2/c1-2-3-10-27-26-28-14-22-20-9-6-18(32-11-12-33-23(15-32)29-16-30-33)13-21(20)25(36)34(24(22)31-26)17-4-7-19(35)8-5-17/h6,9,13-14,16-17,19,35H,2-5,7-8,10-12,15H2,1H3,(H,27,28,31)/t17-,19-. The lowest BCUT2D eigenvalue weighted by molar-refractivity contribution is 0.111. The number of aliphatic hydroxyl groups excluding tert-OH is 1. The Balaban J connectivity index is 1.47. The van der Waals surface area contributed by atoms with Crippen LogP contribution in [0.3, 0.4) is 0 Å². The molecule has 1 fully saturated rings. The van der Waals surface area contributed by atoms with Crippen LogP contribution in [0.4, 0.5) is 11.6 Å². The number of hydrogen-bond donors (Lipinski definition) is 2. The zero-order valence-corrected chi connectivity index (χ0v) is 20.6. The van der Waals surface area contributed by atoms with Crippen molar-refractivity contribution in [3.8, 4) is 0 Å². The average molecular weight is 489 g/mol. The minimum absolute atomic E-state index is 0.00314. The van der Waals surface area contributed by atoms with Gasteiger partial charge in [-0.05, 0) is 49.6 Å². The van der Waals surface area contributed by atoms with Crippen molar-refractivity contribution in [2.75, 3.05) is 23.3 Å². The molecule has 0 saturated heterocycles. The summed E-state index contributed by atoms with van der Waals surface area (Å²) in [4.78, 5) is 30.1. The predicted octanol–water partition coefficient (Wildman–Crippen LogP) is 3.24. The first-order chi connectivity index (χ1) is 17.6. The molecule has 0 atom stereocenters. The van der Waals surface area contributed by atoms with Gasteiger partial charge in [0.2, 0.25) is 5.95 Å². The summed E-state index contributed by atoms with van der Waals surface area (Å²) < 4.78 is 3.80. The highest BCUT2D eigenvalue weighted by molar-refractivity contribution is 6.05. The SMILES string of the molecule is CCCCNc1ncc2c3ccc(N4CCn5ncnc5C4)cc3c(=O)n([C@H]3CC[C@H](O)CC3)c2n1. The van der Waals surface area contributed by atoms with E-state index in [4.69, 9.17) is 4.98 Å². The molecule has 0 radical (unpaired) electrons. The van der Waals surface area contributed by atoms with Crippen molar-refractivity contribution < 1.29 is 5.11 Å². The number of nitrogens with zero attached hydrogens (tertiary/aromatic N) is 7. The van der Waals surface area contributed by atoms with Crippen LogP contribution < -0.4 is 15.8 Å². The van der Waals surface area contributed by atoms with E-state index in [-0.39, 0.29) is 17.7 Å². The van der Waals surface area contributed by atoms with Crippen LogP contribution in [0.25, 0.3) is 21.8 Å². The summed E-state index contributed by atoms with van der Waals surface area (Å²) in [5, 5.41) is 20.1. The van der Waals surface area contributed by atoms with Gasteiger partial charge >= 0.3 is 0 Å². The lowest BCUT2D eigenvalue weighted by Gasteiger charge is -2.30. The summed E-state index contributed by atoms with van der Waals surface area (Å²) in [5.41, 5.74) is 1.64. The molecule has 2 N–H and O–H groups in total. The fraction of sp³-hybridized carbons (Fsp3) is 0.500. The maximum absolute atomic E-state index is 14.1. The number of unbranched alkanes of at least 4 members (excludes halogenated alkanes) is 1. The van der Waals surface area contributed by atoms with Gasteiger partial charge < -0.3 is 15.3 Å². The molecule has 10 heteroatoms. The zero-order chi connectivity index (χ0) is 24.6. The second kappa shape index (κ2) is 9.50. The van der Waals surface area contributed by atoms with Crippen LogP contribution in [-0.4, -0.2) is 53.6 Å². The van der Waals surface area contributed by atoms with Crippen LogP contribution in [0.2, 0.25) is 0 Å². The predicted molar refractivity (Wildman–Crippen MR) is 139 cm³/mol. The van der Waals surface area contributed by atoms with E-state index in [0.717, 1.165) is 67.6 Å². The fourth-order valence-electron chi connectivity index (χ4n) is 5.51. The van der Waals surface area contributed by atoms with Crippen molar-refractivity contribution in [2.24, 2.45) is 0 Å². The Morgan fingerprint density at radius 2 is 1.94 bits per heavy atom. The van der Waals surface area contributed by atoms with Gasteiger partial charge in [0.15, 0.2) is 0 Å². The summed E-state index contributed by atoms with van der Waals surface area (Å²) in [6.45, 7) is 5.17. The van der Waals surface area contributed by atoms with E-state index in [0.29, 0.717) is 36.4 Å². The van der Waals surface area contributed by atoms with Crippen LogP contribution in [0.5, 0.6) is 0 Å². The Hall–Kier alpha value is -3.53. The number of aliphatic hydroxyl groups is 1. The molecule has 1 aliphatic heterocycles. The Kier molecular flexibility index (Phi) is 6.04. The second-order valence-electron chi connectivity index (χ2n) is 9.90. The smallest absolute Gasteiger partial charge is 0.260 e. The number of pyridine rings is 1. The number of aromatic nitrogens is 6. The number of rotatable bonds is 6. The van der Waals surface area contributed by atoms with Gasteiger partial charge in [0.25, 0.3) is 5.56 Å². The minimum atomic E-state index is -0.294. The number of nitrogens with one attached hydrogen (secondary N) is 1. The number of hydrogen-bond acceptors (Lipinski definition) is 8. The molecule has 0 bridgehead atoms. The molecular formula is C26H32N8O2. The van der Waals surface area contributed by atoms with E-state index in [1.165, 1.54) is 0 Å². The Morgan fingerprint density at radius 3 is 2.78 bits per heavy atom. The molecule has 10 nitrogen and oxygen atoms in total. The third-order valence-corrected chi connectivity index (χ3v) is 7.56. The quantitative estimate of drug-likeness (QED) is 0.314. The molecule has 4 heterocycles. The van der Waals surface area contributed by atoms with Crippen molar-refractivity contribution >= 4 is 33.4 Å². The number of fused-ring (bicyclic) bond motifs is 4. The zero-order valence-electron chi connectivity index (χ0n) is 20.6. The van der Waals surface area contributed by atoms with E-state index in [1.54, 1.807) is 6.33 Å².